The molecule has 2 atom stereocenters. The zero-order valence-electron chi connectivity index (χ0n) is 11.1. The Morgan fingerprint density at radius 3 is 2.84 bits per heavy atom. The standard InChI is InChI=1S/C14H19N3O2/c1-9-5-6-10(8-16-9)7-13(18)17-12-4-2-3-11(12)14(15)19/h5-6,8,11-12H,2-4,7H2,1H3,(H2,15,19)(H,17,18)/t11-,12+/m1/s1. The molecule has 0 unspecified atom stereocenters. The first kappa shape index (κ1) is 13.5. The first-order chi connectivity index (χ1) is 9.06. The summed E-state index contributed by atoms with van der Waals surface area (Å²) in [4.78, 5) is 27.3. The van der Waals surface area contributed by atoms with Crippen LogP contribution in [0.4, 0.5) is 0 Å². The summed E-state index contributed by atoms with van der Waals surface area (Å²) in [5, 5.41) is 2.91. The smallest absolute Gasteiger partial charge is 0.224 e. The van der Waals surface area contributed by atoms with Crippen LogP contribution >= 0.6 is 0 Å². The molecule has 1 aromatic rings. The lowest BCUT2D eigenvalue weighted by atomic mass is 10.0. The Morgan fingerprint density at radius 2 is 2.21 bits per heavy atom. The second-order valence-electron chi connectivity index (χ2n) is 5.10. The highest BCUT2D eigenvalue weighted by molar-refractivity contribution is 5.82. The minimum absolute atomic E-state index is 0.0798. The number of pyridine rings is 1. The molecular weight excluding hydrogens is 242 g/mol. The fourth-order valence-corrected chi connectivity index (χ4v) is 2.52. The first-order valence-corrected chi connectivity index (χ1v) is 6.56. The quantitative estimate of drug-likeness (QED) is 0.836. The summed E-state index contributed by atoms with van der Waals surface area (Å²) in [5.41, 5.74) is 7.13. The van der Waals surface area contributed by atoms with Gasteiger partial charge in [-0.3, -0.25) is 14.6 Å². The SMILES string of the molecule is Cc1ccc(CC(=O)N[C@H]2CCC[C@H]2C(N)=O)cn1. The van der Waals surface area contributed by atoms with Crippen LogP contribution in [0.5, 0.6) is 0 Å². The molecule has 1 fully saturated rings. The van der Waals surface area contributed by atoms with Crippen LogP contribution in [0.3, 0.4) is 0 Å². The number of nitrogens with one attached hydrogen (secondary N) is 1. The lowest BCUT2D eigenvalue weighted by molar-refractivity contribution is -0.124. The zero-order valence-corrected chi connectivity index (χ0v) is 11.1. The van der Waals surface area contributed by atoms with Gasteiger partial charge in [0.25, 0.3) is 0 Å². The van der Waals surface area contributed by atoms with Crippen LogP contribution in [0, 0.1) is 12.8 Å². The zero-order chi connectivity index (χ0) is 13.8. The molecule has 1 aliphatic carbocycles. The van der Waals surface area contributed by atoms with E-state index in [0.29, 0.717) is 0 Å². The maximum absolute atomic E-state index is 11.9. The van der Waals surface area contributed by atoms with Crippen molar-refractivity contribution in [1.29, 1.82) is 0 Å². The van der Waals surface area contributed by atoms with Crippen LogP contribution in [-0.2, 0) is 16.0 Å². The second kappa shape index (κ2) is 5.82. The summed E-state index contributed by atoms with van der Waals surface area (Å²) < 4.78 is 0. The van der Waals surface area contributed by atoms with Gasteiger partial charge in [0.1, 0.15) is 0 Å². The molecule has 19 heavy (non-hydrogen) atoms. The van der Waals surface area contributed by atoms with Gasteiger partial charge in [-0.1, -0.05) is 12.5 Å². The highest BCUT2D eigenvalue weighted by Crippen LogP contribution is 2.25. The van der Waals surface area contributed by atoms with Gasteiger partial charge in [0.15, 0.2) is 0 Å². The van der Waals surface area contributed by atoms with Gasteiger partial charge in [-0.2, -0.15) is 0 Å². The second-order valence-corrected chi connectivity index (χ2v) is 5.10. The molecule has 0 spiro atoms. The Kier molecular flexibility index (Phi) is 4.14. The summed E-state index contributed by atoms with van der Waals surface area (Å²) in [6.45, 7) is 1.90. The van der Waals surface area contributed by atoms with E-state index in [1.54, 1.807) is 6.20 Å². The van der Waals surface area contributed by atoms with E-state index in [-0.39, 0.29) is 30.2 Å². The fraction of sp³-hybridized carbons (Fsp3) is 0.500. The van der Waals surface area contributed by atoms with Crippen molar-refractivity contribution in [2.45, 2.75) is 38.6 Å². The summed E-state index contributed by atoms with van der Waals surface area (Å²) in [5.74, 6) is -0.622. The third-order valence-corrected chi connectivity index (χ3v) is 3.57. The van der Waals surface area contributed by atoms with Crippen molar-refractivity contribution < 1.29 is 9.59 Å². The van der Waals surface area contributed by atoms with Gasteiger partial charge in [-0.05, 0) is 31.4 Å². The number of nitrogens with two attached hydrogens (primary N) is 1. The Balaban J connectivity index is 1.90. The molecule has 0 aliphatic heterocycles. The monoisotopic (exact) mass is 261 g/mol. The van der Waals surface area contributed by atoms with E-state index in [1.807, 2.05) is 19.1 Å². The predicted molar refractivity (Wildman–Crippen MR) is 71.1 cm³/mol. The molecule has 3 N–H and O–H groups in total. The van der Waals surface area contributed by atoms with E-state index < -0.39 is 0 Å². The number of aryl methyl sites for hydroxylation is 1. The average Bonchev–Trinajstić information content (AvgIpc) is 2.80. The van der Waals surface area contributed by atoms with Gasteiger partial charge in [-0.25, -0.2) is 0 Å². The number of hydrogen-bond donors (Lipinski definition) is 2. The van der Waals surface area contributed by atoms with E-state index >= 15 is 0 Å². The number of nitrogens with zero attached hydrogens (tertiary/aromatic N) is 1. The minimum Gasteiger partial charge on any atom is -0.369 e. The van der Waals surface area contributed by atoms with Crippen molar-refractivity contribution in [2.24, 2.45) is 11.7 Å². The Bertz CT molecular complexity index is 470. The Morgan fingerprint density at radius 1 is 1.42 bits per heavy atom. The van der Waals surface area contributed by atoms with E-state index in [1.165, 1.54) is 0 Å². The van der Waals surface area contributed by atoms with E-state index in [4.69, 9.17) is 5.73 Å². The van der Waals surface area contributed by atoms with Gasteiger partial charge in [0.2, 0.25) is 11.8 Å². The van der Waals surface area contributed by atoms with Gasteiger partial charge in [0.05, 0.1) is 12.3 Å². The molecule has 102 valence electrons. The van der Waals surface area contributed by atoms with E-state index in [0.717, 1.165) is 30.5 Å². The molecule has 1 heterocycles. The third kappa shape index (κ3) is 3.53. The Labute approximate surface area is 112 Å². The molecular formula is C14H19N3O2. The van der Waals surface area contributed by atoms with Crippen LogP contribution in [0.25, 0.3) is 0 Å². The molecule has 1 aromatic heterocycles. The number of aromatic nitrogens is 1. The largest absolute Gasteiger partial charge is 0.369 e. The van der Waals surface area contributed by atoms with Gasteiger partial charge in [0, 0.05) is 17.9 Å². The average molecular weight is 261 g/mol. The fourth-order valence-electron chi connectivity index (χ4n) is 2.52. The number of carbonyl (C=O) groups excluding carboxylic acids is 2. The molecule has 5 heteroatoms. The van der Waals surface area contributed by atoms with E-state index in [2.05, 4.69) is 10.3 Å². The van der Waals surface area contributed by atoms with Gasteiger partial charge >= 0.3 is 0 Å². The first-order valence-electron chi connectivity index (χ1n) is 6.56. The number of rotatable bonds is 4. The molecule has 0 aromatic carbocycles. The number of primary amides is 1. The van der Waals surface area contributed by atoms with Crippen molar-refractivity contribution in [2.75, 3.05) is 0 Å². The van der Waals surface area contributed by atoms with Crippen LogP contribution in [0.2, 0.25) is 0 Å². The molecule has 2 rings (SSSR count). The number of amides is 2. The molecule has 1 saturated carbocycles. The third-order valence-electron chi connectivity index (χ3n) is 3.57. The van der Waals surface area contributed by atoms with Crippen LogP contribution in [0.1, 0.15) is 30.5 Å². The summed E-state index contributed by atoms with van der Waals surface area (Å²) in [6, 6.07) is 3.66. The number of hydrogen-bond acceptors (Lipinski definition) is 3. The van der Waals surface area contributed by atoms with E-state index in [9.17, 15) is 9.59 Å². The van der Waals surface area contributed by atoms with Gasteiger partial charge in [-0.15, -0.1) is 0 Å². The topological polar surface area (TPSA) is 85.1 Å². The molecule has 5 nitrogen and oxygen atoms in total. The molecule has 2 amide bonds. The maximum Gasteiger partial charge on any atom is 0.224 e. The van der Waals surface area contributed by atoms with Crippen LogP contribution in [-0.4, -0.2) is 22.8 Å². The van der Waals surface area contributed by atoms with Crippen molar-refractivity contribution in [3.8, 4) is 0 Å². The van der Waals surface area contributed by atoms with Crippen molar-refractivity contribution in [1.82, 2.24) is 10.3 Å². The highest BCUT2D eigenvalue weighted by Gasteiger charge is 2.32. The molecule has 0 saturated heterocycles. The van der Waals surface area contributed by atoms with Crippen molar-refractivity contribution in [3.05, 3.63) is 29.6 Å². The minimum atomic E-state index is -0.320. The van der Waals surface area contributed by atoms with Crippen molar-refractivity contribution >= 4 is 11.8 Å². The summed E-state index contributed by atoms with van der Waals surface area (Å²) >= 11 is 0. The highest BCUT2D eigenvalue weighted by atomic mass is 16.2. The molecule has 0 radical (unpaired) electrons. The molecule has 0 bridgehead atoms. The van der Waals surface area contributed by atoms with Crippen molar-refractivity contribution in [3.63, 3.8) is 0 Å². The number of carbonyl (C=O) groups is 2. The maximum atomic E-state index is 11.9. The Hall–Kier alpha value is -1.91. The summed E-state index contributed by atoms with van der Waals surface area (Å²) in [6.07, 6.45) is 4.52. The predicted octanol–water partition coefficient (Wildman–Crippen LogP) is 0.703. The summed E-state index contributed by atoms with van der Waals surface area (Å²) in [7, 11) is 0. The normalized spacial score (nSPS) is 22.2. The molecule has 1 aliphatic rings. The lowest BCUT2D eigenvalue weighted by Gasteiger charge is -2.18. The van der Waals surface area contributed by atoms with Crippen LogP contribution < -0.4 is 11.1 Å². The lowest BCUT2D eigenvalue weighted by Crippen LogP contribution is -2.42. The van der Waals surface area contributed by atoms with Crippen LogP contribution in [0.15, 0.2) is 18.3 Å². The van der Waals surface area contributed by atoms with Gasteiger partial charge < -0.3 is 11.1 Å².